The van der Waals surface area contributed by atoms with Crippen molar-refractivity contribution in [3.63, 3.8) is 0 Å². The van der Waals surface area contributed by atoms with Crippen LogP contribution in [0.4, 0.5) is 0 Å². The second kappa shape index (κ2) is 4.74. The van der Waals surface area contributed by atoms with Gasteiger partial charge in [0.05, 0.1) is 6.20 Å². The Balaban J connectivity index is 2.15. The molecule has 1 fully saturated rings. The minimum absolute atomic E-state index is 0.0171. The van der Waals surface area contributed by atoms with Crippen LogP contribution in [0.1, 0.15) is 36.7 Å². The number of hydrogen-bond acceptors (Lipinski definition) is 4. The number of aromatic nitrogens is 3. The van der Waals surface area contributed by atoms with Gasteiger partial charge in [-0.15, -0.1) is 5.10 Å². The lowest BCUT2D eigenvalue weighted by molar-refractivity contribution is 0.0529. The van der Waals surface area contributed by atoms with Crippen LogP contribution in [0.15, 0.2) is 6.20 Å². The van der Waals surface area contributed by atoms with Crippen molar-refractivity contribution in [1.29, 1.82) is 0 Å². The molecule has 0 aliphatic heterocycles. The van der Waals surface area contributed by atoms with Gasteiger partial charge in [0.1, 0.15) is 11.8 Å². The first-order valence-electron chi connectivity index (χ1n) is 5.73. The molecule has 5 nitrogen and oxygen atoms in total. The highest BCUT2D eigenvalue weighted by atomic mass is 16.5. The molecule has 5 heteroatoms. The average Bonchev–Trinajstić information content (AvgIpc) is 2.99. The zero-order valence-corrected chi connectivity index (χ0v) is 9.72. The van der Waals surface area contributed by atoms with Gasteiger partial charge in [0.15, 0.2) is 0 Å². The molecule has 0 bridgehead atoms. The lowest BCUT2D eigenvalue weighted by Gasteiger charge is -2.13. The largest absolute Gasteiger partial charge is 0.373 e. The first-order valence-corrected chi connectivity index (χ1v) is 5.73. The molecule has 88 valence electrons. The summed E-state index contributed by atoms with van der Waals surface area (Å²) < 4.78 is 6.94. The van der Waals surface area contributed by atoms with E-state index >= 15 is 0 Å². The van der Waals surface area contributed by atoms with Gasteiger partial charge in [-0.2, -0.15) is 0 Å². The smallest absolute Gasteiger partial charge is 0.211 e. The van der Waals surface area contributed by atoms with Crippen molar-refractivity contribution < 1.29 is 9.53 Å². The molecule has 2 rings (SSSR count). The molecule has 0 N–H and O–H groups in total. The number of Topliss-reactive ketones (excluding diaryl/α,β-unsaturated/α-hetero) is 1. The van der Waals surface area contributed by atoms with Crippen molar-refractivity contribution in [1.82, 2.24) is 15.0 Å². The summed E-state index contributed by atoms with van der Waals surface area (Å²) in [6, 6.07) is 0. The standard InChI is InChI=1S/C11H17N3O2/c1-3-6-14-9(7-12-13-14)10(15)11(16-2)8-4-5-8/h7-8,11H,3-6H2,1-2H3. The number of ether oxygens (including phenoxy) is 1. The quantitative estimate of drug-likeness (QED) is 0.682. The van der Waals surface area contributed by atoms with E-state index in [1.807, 2.05) is 6.92 Å². The highest BCUT2D eigenvalue weighted by Crippen LogP contribution is 2.35. The maximum absolute atomic E-state index is 12.2. The van der Waals surface area contributed by atoms with Gasteiger partial charge in [-0.05, 0) is 25.2 Å². The second-order valence-corrected chi connectivity index (χ2v) is 4.20. The zero-order chi connectivity index (χ0) is 11.5. The highest BCUT2D eigenvalue weighted by molar-refractivity contribution is 5.98. The van der Waals surface area contributed by atoms with Gasteiger partial charge < -0.3 is 4.74 Å². The molecule has 1 unspecified atom stereocenters. The summed E-state index contributed by atoms with van der Waals surface area (Å²) in [5.41, 5.74) is 0.570. The third kappa shape index (κ3) is 2.14. The first kappa shape index (κ1) is 11.3. The predicted octanol–water partition coefficient (Wildman–Crippen LogP) is 1.30. The molecule has 1 saturated carbocycles. The Kier molecular flexibility index (Phi) is 3.33. The van der Waals surface area contributed by atoms with Gasteiger partial charge in [-0.1, -0.05) is 12.1 Å². The average molecular weight is 223 g/mol. The molecular weight excluding hydrogens is 206 g/mol. The molecular formula is C11H17N3O2. The molecule has 1 aromatic rings. The van der Waals surface area contributed by atoms with Crippen molar-refractivity contribution in [3.05, 3.63) is 11.9 Å². The number of carbonyl (C=O) groups is 1. The maximum Gasteiger partial charge on any atom is 0.211 e. The van der Waals surface area contributed by atoms with E-state index < -0.39 is 0 Å². The van der Waals surface area contributed by atoms with Crippen LogP contribution < -0.4 is 0 Å². The minimum atomic E-state index is -0.311. The van der Waals surface area contributed by atoms with Gasteiger partial charge >= 0.3 is 0 Å². The number of rotatable bonds is 6. The van der Waals surface area contributed by atoms with E-state index in [0.29, 0.717) is 11.6 Å². The number of hydrogen-bond donors (Lipinski definition) is 0. The molecule has 0 saturated heterocycles. The third-order valence-electron chi connectivity index (χ3n) is 2.87. The first-order chi connectivity index (χ1) is 7.77. The lowest BCUT2D eigenvalue weighted by Crippen LogP contribution is -2.27. The number of ketones is 1. The summed E-state index contributed by atoms with van der Waals surface area (Å²) in [7, 11) is 1.59. The topological polar surface area (TPSA) is 57.0 Å². The number of aryl methyl sites for hydroxylation is 1. The van der Waals surface area contributed by atoms with Crippen molar-refractivity contribution in [2.24, 2.45) is 5.92 Å². The van der Waals surface area contributed by atoms with Crippen molar-refractivity contribution in [2.75, 3.05) is 7.11 Å². The molecule has 0 aromatic carbocycles. The maximum atomic E-state index is 12.2. The molecule has 1 heterocycles. The van der Waals surface area contributed by atoms with E-state index in [2.05, 4.69) is 10.3 Å². The van der Waals surface area contributed by atoms with Gasteiger partial charge in [-0.3, -0.25) is 4.79 Å². The second-order valence-electron chi connectivity index (χ2n) is 4.20. The van der Waals surface area contributed by atoms with Gasteiger partial charge in [0.2, 0.25) is 5.78 Å². The van der Waals surface area contributed by atoms with E-state index in [9.17, 15) is 4.79 Å². The third-order valence-corrected chi connectivity index (χ3v) is 2.87. The summed E-state index contributed by atoms with van der Waals surface area (Å²) in [5, 5.41) is 7.71. The Morgan fingerprint density at radius 2 is 2.44 bits per heavy atom. The van der Waals surface area contributed by atoms with Crippen LogP contribution in [0.2, 0.25) is 0 Å². The predicted molar refractivity (Wildman–Crippen MR) is 58.2 cm³/mol. The molecule has 1 aromatic heterocycles. The number of carbonyl (C=O) groups excluding carboxylic acids is 1. The van der Waals surface area contributed by atoms with Crippen LogP contribution in [0.5, 0.6) is 0 Å². The highest BCUT2D eigenvalue weighted by Gasteiger charge is 2.37. The summed E-state index contributed by atoms with van der Waals surface area (Å²) in [6.45, 7) is 2.77. The molecule has 1 aliphatic rings. The molecule has 0 radical (unpaired) electrons. The SMILES string of the molecule is CCCn1nncc1C(=O)C(OC)C1CC1. The lowest BCUT2D eigenvalue weighted by atomic mass is 10.1. The summed E-state index contributed by atoms with van der Waals surface area (Å²) in [6.07, 6.45) is 4.32. The summed E-state index contributed by atoms with van der Waals surface area (Å²) in [5.74, 6) is 0.408. The molecule has 0 amide bonds. The fourth-order valence-electron chi connectivity index (χ4n) is 1.88. The van der Waals surface area contributed by atoms with E-state index in [1.165, 1.54) is 6.20 Å². The summed E-state index contributed by atoms with van der Waals surface area (Å²) >= 11 is 0. The van der Waals surface area contributed by atoms with Crippen LogP contribution in [-0.2, 0) is 11.3 Å². The van der Waals surface area contributed by atoms with Crippen LogP contribution >= 0.6 is 0 Å². The van der Waals surface area contributed by atoms with Crippen LogP contribution in [0, 0.1) is 5.92 Å². The molecule has 0 spiro atoms. The van der Waals surface area contributed by atoms with Gasteiger partial charge in [0, 0.05) is 13.7 Å². The number of methoxy groups -OCH3 is 1. The van der Waals surface area contributed by atoms with Crippen molar-refractivity contribution in [2.45, 2.75) is 38.8 Å². The molecule has 1 aliphatic carbocycles. The monoisotopic (exact) mass is 223 g/mol. The van der Waals surface area contributed by atoms with Crippen molar-refractivity contribution >= 4 is 5.78 Å². The minimum Gasteiger partial charge on any atom is -0.373 e. The number of nitrogens with zero attached hydrogens (tertiary/aromatic N) is 3. The van der Waals surface area contributed by atoms with E-state index in [4.69, 9.17) is 4.74 Å². The van der Waals surface area contributed by atoms with Gasteiger partial charge in [0.25, 0.3) is 0 Å². The van der Waals surface area contributed by atoms with E-state index in [0.717, 1.165) is 25.8 Å². The van der Waals surface area contributed by atoms with Crippen LogP contribution in [-0.4, -0.2) is 34.0 Å². The fraction of sp³-hybridized carbons (Fsp3) is 0.727. The summed E-state index contributed by atoms with van der Waals surface area (Å²) in [4.78, 5) is 12.2. The van der Waals surface area contributed by atoms with E-state index in [-0.39, 0.29) is 11.9 Å². The fourth-order valence-corrected chi connectivity index (χ4v) is 1.88. The normalized spacial score (nSPS) is 17.4. The molecule has 1 atom stereocenters. The zero-order valence-electron chi connectivity index (χ0n) is 9.72. The Bertz CT molecular complexity index is 371. The van der Waals surface area contributed by atoms with Crippen molar-refractivity contribution in [3.8, 4) is 0 Å². The Hall–Kier alpha value is -1.23. The van der Waals surface area contributed by atoms with Crippen LogP contribution in [0.3, 0.4) is 0 Å². The molecule has 16 heavy (non-hydrogen) atoms. The van der Waals surface area contributed by atoms with Gasteiger partial charge in [-0.25, -0.2) is 4.68 Å². The van der Waals surface area contributed by atoms with Crippen LogP contribution in [0.25, 0.3) is 0 Å². The van der Waals surface area contributed by atoms with E-state index in [1.54, 1.807) is 11.8 Å². The Labute approximate surface area is 94.8 Å². The Morgan fingerprint density at radius 1 is 1.69 bits per heavy atom. The Morgan fingerprint density at radius 3 is 3.00 bits per heavy atom.